The van der Waals surface area contributed by atoms with Crippen LogP contribution in [0, 0.1) is 13.8 Å². The van der Waals surface area contributed by atoms with Crippen molar-refractivity contribution in [3.05, 3.63) is 58.8 Å². The fourth-order valence-electron chi connectivity index (χ4n) is 1.77. The molecule has 0 unspecified atom stereocenters. The molecule has 0 saturated heterocycles. The van der Waals surface area contributed by atoms with Crippen molar-refractivity contribution in [2.45, 2.75) is 20.0 Å². The van der Waals surface area contributed by atoms with Gasteiger partial charge in [0.1, 0.15) is 5.82 Å². The van der Waals surface area contributed by atoms with Gasteiger partial charge in [0.2, 0.25) is 0 Å². The second kappa shape index (κ2) is 5.95. The Morgan fingerprint density at radius 2 is 1.90 bits per heavy atom. The van der Waals surface area contributed by atoms with Gasteiger partial charge in [-0.05, 0) is 37.1 Å². The van der Waals surface area contributed by atoms with Gasteiger partial charge in [-0.1, -0.05) is 23.8 Å². The molecule has 0 aliphatic rings. The number of anilines is 1. The van der Waals surface area contributed by atoms with Crippen molar-refractivity contribution in [1.82, 2.24) is 4.98 Å². The van der Waals surface area contributed by atoms with Crippen LogP contribution < -0.4 is 5.43 Å². The van der Waals surface area contributed by atoms with Crippen molar-refractivity contribution in [2.75, 3.05) is 5.43 Å². The normalized spacial score (nSPS) is 11.9. The van der Waals surface area contributed by atoms with Crippen LogP contribution in [0.25, 0.3) is 0 Å². The zero-order chi connectivity index (χ0) is 15.5. The van der Waals surface area contributed by atoms with Crippen molar-refractivity contribution in [1.29, 1.82) is 0 Å². The van der Waals surface area contributed by atoms with E-state index in [0.29, 0.717) is 0 Å². The molecule has 0 bridgehead atoms. The summed E-state index contributed by atoms with van der Waals surface area (Å²) in [5.41, 5.74) is 4.97. The van der Waals surface area contributed by atoms with Crippen molar-refractivity contribution < 1.29 is 13.2 Å². The Morgan fingerprint density at radius 1 is 1.14 bits per heavy atom. The maximum atomic E-state index is 12.4. The number of hydrogen-bond donors (Lipinski definition) is 1. The van der Waals surface area contributed by atoms with Gasteiger partial charge in [-0.2, -0.15) is 18.3 Å². The monoisotopic (exact) mass is 293 g/mol. The third kappa shape index (κ3) is 4.05. The van der Waals surface area contributed by atoms with Crippen molar-refractivity contribution in [3.8, 4) is 0 Å². The highest BCUT2D eigenvalue weighted by molar-refractivity contribution is 5.82. The van der Waals surface area contributed by atoms with Crippen LogP contribution in [0.3, 0.4) is 0 Å². The van der Waals surface area contributed by atoms with Crippen molar-refractivity contribution in [3.63, 3.8) is 0 Å². The standard InChI is InChI=1S/C15H14F3N3/c1-10-3-4-12(11(2)7-10)8-20-21-14-6-5-13(9-19-14)15(16,17)18/h3-9H,1-2H3,(H,19,21)/b20-8-. The van der Waals surface area contributed by atoms with E-state index < -0.39 is 11.7 Å². The van der Waals surface area contributed by atoms with Gasteiger partial charge in [-0.25, -0.2) is 4.98 Å². The molecule has 0 radical (unpaired) electrons. The first kappa shape index (κ1) is 15.0. The Hall–Kier alpha value is -2.37. The molecule has 1 aromatic carbocycles. The molecule has 0 spiro atoms. The Labute approximate surface area is 120 Å². The van der Waals surface area contributed by atoms with Crippen LogP contribution in [0.5, 0.6) is 0 Å². The van der Waals surface area contributed by atoms with Gasteiger partial charge >= 0.3 is 6.18 Å². The minimum atomic E-state index is -4.38. The lowest BCUT2D eigenvalue weighted by molar-refractivity contribution is -0.137. The number of rotatable bonds is 3. The van der Waals surface area contributed by atoms with Gasteiger partial charge in [0.15, 0.2) is 0 Å². The van der Waals surface area contributed by atoms with E-state index in [1.165, 1.54) is 6.07 Å². The molecule has 0 atom stereocenters. The first-order valence-electron chi connectivity index (χ1n) is 6.26. The summed E-state index contributed by atoms with van der Waals surface area (Å²) in [5, 5.41) is 3.98. The second-order valence-electron chi connectivity index (χ2n) is 4.66. The quantitative estimate of drug-likeness (QED) is 0.681. The Kier molecular flexibility index (Phi) is 4.26. The number of halogens is 3. The summed E-state index contributed by atoms with van der Waals surface area (Å²) in [6.07, 6.45) is -2.00. The summed E-state index contributed by atoms with van der Waals surface area (Å²) in [7, 11) is 0. The van der Waals surface area contributed by atoms with E-state index in [2.05, 4.69) is 15.5 Å². The van der Waals surface area contributed by atoms with Gasteiger partial charge in [-0.15, -0.1) is 0 Å². The lowest BCUT2D eigenvalue weighted by Gasteiger charge is -2.06. The van der Waals surface area contributed by atoms with Crippen LogP contribution in [0.2, 0.25) is 0 Å². The molecule has 1 heterocycles. The minimum Gasteiger partial charge on any atom is -0.261 e. The average molecular weight is 293 g/mol. The zero-order valence-electron chi connectivity index (χ0n) is 11.6. The smallest absolute Gasteiger partial charge is 0.261 e. The molecule has 110 valence electrons. The van der Waals surface area contributed by atoms with E-state index in [9.17, 15) is 13.2 Å². The van der Waals surface area contributed by atoms with Crippen LogP contribution >= 0.6 is 0 Å². The summed E-state index contributed by atoms with van der Waals surface area (Å²) in [6, 6.07) is 8.11. The highest BCUT2D eigenvalue weighted by Gasteiger charge is 2.30. The number of nitrogens with one attached hydrogen (secondary N) is 1. The van der Waals surface area contributed by atoms with Crippen LogP contribution in [-0.2, 0) is 6.18 Å². The van der Waals surface area contributed by atoms with E-state index in [1.54, 1.807) is 6.21 Å². The molecule has 0 aliphatic carbocycles. The van der Waals surface area contributed by atoms with E-state index in [-0.39, 0.29) is 5.82 Å². The molecular formula is C15H14F3N3. The van der Waals surface area contributed by atoms with Gasteiger partial charge in [0, 0.05) is 6.20 Å². The van der Waals surface area contributed by atoms with E-state index in [1.807, 2.05) is 32.0 Å². The number of aromatic nitrogens is 1. The first-order chi connectivity index (χ1) is 9.86. The molecule has 0 fully saturated rings. The molecular weight excluding hydrogens is 279 g/mol. The average Bonchev–Trinajstić information content (AvgIpc) is 2.41. The number of hydrogen-bond acceptors (Lipinski definition) is 3. The van der Waals surface area contributed by atoms with E-state index in [0.717, 1.165) is 29.0 Å². The summed E-state index contributed by atoms with van der Waals surface area (Å²) >= 11 is 0. The van der Waals surface area contributed by atoms with Crippen molar-refractivity contribution in [2.24, 2.45) is 5.10 Å². The zero-order valence-corrected chi connectivity index (χ0v) is 11.6. The molecule has 6 heteroatoms. The Morgan fingerprint density at radius 3 is 2.48 bits per heavy atom. The highest BCUT2D eigenvalue weighted by Crippen LogP contribution is 2.28. The number of hydrazone groups is 1. The molecule has 21 heavy (non-hydrogen) atoms. The minimum absolute atomic E-state index is 0.254. The van der Waals surface area contributed by atoms with E-state index in [4.69, 9.17) is 0 Å². The van der Waals surface area contributed by atoms with Crippen LogP contribution in [0.4, 0.5) is 19.0 Å². The number of nitrogens with zero attached hydrogens (tertiary/aromatic N) is 2. The summed E-state index contributed by atoms with van der Waals surface area (Å²) < 4.78 is 37.1. The SMILES string of the molecule is Cc1ccc(/C=N\Nc2ccc(C(F)(F)F)cn2)c(C)c1. The number of benzene rings is 1. The van der Waals surface area contributed by atoms with E-state index >= 15 is 0 Å². The molecule has 0 saturated carbocycles. The third-order valence-corrected chi connectivity index (χ3v) is 2.90. The molecule has 0 aliphatic heterocycles. The maximum absolute atomic E-state index is 12.4. The topological polar surface area (TPSA) is 37.3 Å². The maximum Gasteiger partial charge on any atom is 0.417 e. The molecule has 2 rings (SSSR count). The van der Waals surface area contributed by atoms with Crippen LogP contribution in [-0.4, -0.2) is 11.2 Å². The van der Waals surface area contributed by atoms with Gasteiger partial charge in [0.05, 0.1) is 11.8 Å². The lowest BCUT2D eigenvalue weighted by atomic mass is 10.1. The summed E-state index contributed by atoms with van der Waals surface area (Å²) in [4.78, 5) is 3.67. The number of aryl methyl sites for hydroxylation is 2. The van der Waals surface area contributed by atoms with Crippen LogP contribution in [0.1, 0.15) is 22.3 Å². The third-order valence-electron chi connectivity index (χ3n) is 2.90. The van der Waals surface area contributed by atoms with Gasteiger partial charge < -0.3 is 0 Å². The van der Waals surface area contributed by atoms with Crippen molar-refractivity contribution >= 4 is 12.0 Å². The summed E-state index contributed by atoms with van der Waals surface area (Å²) in [6.45, 7) is 3.96. The Bertz CT molecular complexity index is 646. The fraction of sp³-hybridized carbons (Fsp3) is 0.200. The highest BCUT2D eigenvalue weighted by atomic mass is 19.4. The van der Waals surface area contributed by atoms with Gasteiger partial charge in [-0.3, -0.25) is 5.43 Å². The molecule has 1 N–H and O–H groups in total. The second-order valence-corrected chi connectivity index (χ2v) is 4.66. The van der Waals surface area contributed by atoms with Crippen LogP contribution in [0.15, 0.2) is 41.6 Å². The fourth-order valence-corrected chi connectivity index (χ4v) is 1.77. The largest absolute Gasteiger partial charge is 0.417 e. The molecule has 3 nitrogen and oxygen atoms in total. The first-order valence-corrected chi connectivity index (χ1v) is 6.26. The lowest BCUT2D eigenvalue weighted by Crippen LogP contribution is -2.05. The Balaban J connectivity index is 2.04. The molecule has 2 aromatic rings. The predicted octanol–water partition coefficient (Wildman–Crippen LogP) is 4.16. The van der Waals surface area contributed by atoms with Gasteiger partial charge in [0.25, 0.3) is 0 Å². The number of alkyl halides is 3. The summed E-state index contributed by atoms with van der Waals surface area (Å²) in [5.74, 6) is 0.254. The number of pyridine rings is 1. The molecule has 1 aromatic heterocycles. The predicted molar refractivity (Wildman–Crippen MR) is 76.4 cm³/mol. The molecule has 0 amide bonds.